The number of halogens is 4. The summed E-state index contributed by atoms with van der Waals surface area (Å²) in [5.41, 5.74) is -0.461. The van der Waals surface area contributed by atoms with Gasteiger partial charge >= 0.3 is 6.18 Å². The third kappa shape index (κ3) is 4.07. The summed E-state index contributed by atoms with van der Waals surface area (Å²) in [6.07, 6.45) is -4.13. The zero-order valence-electron chi connectivity index (χ0n) is 13.1. The number of nitrogens with one attached hydrogen (secondary N) is 1. The summed E-state index contributed by atoms with van der Waals surface area (Å²) in [5, 5.41) is 6.34. The number of fused-ring (bicyclic) bond motifs is 1. The Labute approximate surface area is 146 Å². The molecular weight excluding hydrogens is 359 g/mol. The first-order valence-electron chi connectivity index (χ1n) is 7.64. The fraction of sp³-hybridized carbons (Fsp3) is 0.375. The van der Waals surface area contributed by atoms with Crippen molar-refractivity contribution in [3.63, 3.8) is 0 Å². The van der Waals surface area contributed by atoms with Crippen LogP contribution in [0.15, 0.2) is 24.3 Å². The second kappa shape index (κ2) is 6.95. The Bertz CT molecular complexity index is 759. The highest BCUT2D eigenvalue weighted by atomic mass is 35.5. The first kappa shape index (κ1) is 17.6. The number of ether oxygens (including phenoxy) is 1. The molecule has 0 fully saturated rings. The van der Waals surface area contributed by atoms with Crippen molar-refractivity contribution in [2.75, 3.05) is 13.2 Å². The average molecular weight is 374 g/mol. The molecule has 0 aliphatic carbocycles. The van der Waals surface area contributed by atoms with E-state index in [4.69, 9.17) is 16.3 Å². The Kier molecular flexibility index (Phi) is 4.89. The van der Waals surface area contributed by atoms with Crippen molar-refractivity contribution in [3.8, 4) is 5.75 Å². The lowest BCUT2D eigenvalue weighted by molar-refractivity contribution is -0.143. The van der Waals surface area contributed by atoms with Gasteiger partial charge in [-0.05, 0) is 24.3 Å². The molecule has 0 unspecified atom stereocenters. The van der Waals surface area contributed by atoms with E-state index in [1.807, 2.05) is 0 Å². The maximum atomic E-state index is 12.9. The second-order valence-electron chi connectivity index (χ2n) is 5.64. The van der Waals surface area contributed by atoms with Gasteiger partial charge in [0, 0.05) is 35.8 Å². The third-order valence-corrected chi connectivity index (χ3v) is 4.20. The number of rotatable bonds is 4. The van der Waals surface area contributed by atoms with Crippen LogP contribution in [-0.4, -0.2) is 34.2 Å². The van der Waals surface area contributed by atoms with Crippen molar-refractivity contribution >= 4 is 17.5 Å². The van der Waals surface area contributed by atoms with Crippen molar-refractivity contribution < 1.29 is 22.7 Å². The number of H-pyrrole nitrogens is 1. The molecule has 1 aromatic carbocycles. The van der Waals surface area contributed by atoms with Crippen molar-refractivity contribution in [2.24, 2.45) is 0 Å². The van der Waals surface area contributed by atoms with Gasteiger partial charge in [-0.1, -0.05) is 11.6 Å². The largest absolute Gasteiger partial charge is 0.493 e. The van der Waals surface area contributed by atoms with E-state index < -0.39 is 11.9 Å². The Hall–Kier alpha value is -2.22. The van der Waals surface area contributed by atoms with Gasteiger partial charge in [0.15, 0.2) is 5.69 Å². The summed E-state index contributed by atoms with van der Waals surface area (Å²) in [5.74, 6) is 0.321. The number of nitrogens with zero attached hydrogens (tertiary/aromatic N) is 2. The molecule has 1 N–H and O–H groups in total. The molecule has 0 saturated carbocycles. The maximum absolute atomic E-state index is 12.9. The zero-order valence-corrected chi connectivity index (χ0v) is 13.8. The van der Waals surface area contributed by atoms with E-state index >= 15 is 0 Å². The molecule has 9 heteroatoms. The van der Waals surface area contributed by atoms with Crippen LogP contribution in [0, 0.1) is 0 Å². The lowest BCUT2D eigenvalue weighted by Gasteiger charge is -2.27. The highest BCUT2D eigenvalue weighted by Gasteiger charge is 2.39. The molecule has 0 atom stereocenters. The quantitative estimate of drug-likeness (QED) is 0.893. The molecule has 2 aromatic rings. The Morgan fingerprint density at radius 2 is 2.04 bits per heavy atom. The molecule has 0 bridgehead atoms. The van der Waals surface area contributed by atoms with Gasteiger partial charge < -0.3 is 9.64 Å². The molecule has 0 saturated heterocycles. The summed E-state index contributed by atoms with van der Waals surface area (Å²) in [6, 6.07) is 6.70. The molecule has 3 rings (SSSR count). The number of hydrogen-bond donors (Lipinski definition) is 1. The Balaban J connectivity index is 1.57. The highest BCUT2D eigenvalue weighted by molar-refractivity contribution is 6.30. The minimum atomic E-state index is -4.53. The predicted molar refractivity (Wildman–Crippen MR) is 84.3 cm³/mol. The molecular formula is C16H15ClF3N3O2. The van der Waals surface area contributed by atoms with Gasteiger partial charge in [0.05, 0.1) is 13.0 Å². The van der Waals surface area contributed by atoms with Crippen LogP contribution in [0.4, 0.5) is 13.2 Å². The van der Waals surface area contributed by atoms with Crippen LogP contribution in [0.5, 0.6) is 5.75 Å². The number of alkyl halides is 3. The van der Waals surface area contributed by atoms with Crippen LogP contribution in [0.3, 0.4) is 0 Å². The molecule has 1 aromatic heterocycles. The second-order valence-corrected chi connectivity index (χ2v) is 6.08. The first-order valence-corrected chi connectivity index (χ1v) is 8.02. The molecule has 2 heterocycles. The number of amides is 1. The number of hydrogen-bond acceptors (Lipinski definition) is 3. The molecule has 1 aliphatic heterocycles. The average Bonchev–Trinajstić information content (AvgIpc) is 3.00. The van der Waals surface area contributed by atoms with E-state index in [0.717, 1.165) is 0 Å². The monoisotopic (exact) mass is 373 g/mol. The molecule has 0 spiro atoms. The fourth-order valence-electron chi connectivity index (χ4n) is 2.69. The molecule has 1 amide bonds. The van der Waals surface area contributed by atoms with Gasteiger partial charge in [0.2, 0.25) is 5.91 Å². The minimum Gasteiger partial charge on any atom is -0.493 e. The van der Waals surface area contributed by atoms with Crippen LogP contribution in [0.1, 0.15) is 23.4 Å². The topological polar surface area (TPSA) is 58.2 Å². The van der Waals surface area contributed by atoms with Crippen LogP contribution in [0.2, 0.25) is 5.02 Å². The van der Waals surface area contributed by atoms with Gasteiger partial charge in [-0.25, -0.2) is 0 Å². The molecule has 1 aliphatic rings. The number of aromatic nitrogens is 2. The smallest absolute Gasteiger partial charge is 0.435 e. The number of carbonyl (C=O) groups excluding carboxylic acids is 1. The lowest BCUT2D eigenvalue weighted by atomic mass is 10.0. The van der Waals surface area contributed by atoms with Gasteiger partial charge in [-0.15, -0.1) is 0 Å². The van der Waals surface area contributed by atoms with E-state index in [1.165, 1.54) is 4.90 Å². The van der Waals surface area contributed by atoms with Crippen LogP contribution in [0.25, 0.3) is 0 Å². The predicted octanol–water partition coefficient (Wildman–Crippen LogP) is 3.44. The summed E-state index contributed by atoms with van der Waals surface area (Å²) in [4.78, 5) is 13.6. The summed E-state index contributed by atoms with van der Waals surface area (Å²) in [6.45, 7) is 0.397. The summed E-state index contributed by atoms with van der Waals surface area (Å²) < 4.78 is 44.3. The fourth-order valence-corrected chi connectivity index (χ4v) is 2.81. The summed E-state index contributed by atoms with van der Waals surface area (Å²) >= 11 is 5.77. The van der Waals surface area contributed by atoms with Crippen molar-refractivity contribution in [2.45, 2.75) is 25.6 Å². The van der Waals surface area contributed by atoms with Crippen molar-refractivity contribution in [1.29, 1.82) is 0 Å². The Morgan fingerprint density at radius 3 is 2.72 bits per heavy atom. The lowest BCUT2D eigenvalue weighted by Crippen LogP contribution is -2.37. The van der Waals surface area contributed by atoms with E-state index in [9.17, 15) is 18.0 Å². The SMILES string of the molecule is O=C(CCOc1ccc(Cl)cc1)N1CCc2[nH]nc(C(F)(F)F)c2C1. The number of benzene rings is 1. The molecule has 134 valence electrons. The van der Waals surface area contributed by atoms with Gasteiger partial charge in [-0.3, -0.25) is 9.89 Å². The van der Waals surface area contributed by atoms with Crippen LogP contribution in [-0.2, 0) is 23.9 Å². The van der Waals surface area contributed by atoms with E-state index in [1.54, 1.807) is 24.3 Å². The van der Waals surface area contributed by atoms with E-state index in [-0.39, 0.29) is 31.0 Å². The maximum Gasteiger partial charge on any atom is 0.435 e. The van der Waals surface area contributed by atoms with Crippen molar-refractivity contribution in [1.82, 2.24) is 15.1 Å². The van der Waals surface area contributed by atoms with Gasteiger partial charge in [0.1, 0.15) is 5.75 Å². The number of carbonyl (C=O) groups is 1. The molecule has 25 heavy (non-hydrogen) atoms. The third-order valence-electron chi connectivity index (χ3n) is 3.95. The molecule has 5 nitrogen and oxygen atoms in total. The van der Waals surface area contributed by atoms with Crippen LogP contribution >= 0.6 is 11.6 Å². The van der Waals surface area contributed by atoms with Crippen LogP contribution < -0.4 is 4.74 Å². The van der Waals surface area contributed by atoms with Gasteiger partial charge in [0.25, 0.3) is 0 Å². The van der Waals surface area contributed by atoms with Gasteiger partial charge in [-0.2, -0.15) is 18.3 Å². The minimum absolute atomic E-state index is 0.0470. The Morgan fingerprint density at radius 1 is 1.32 bits per heavy atom. The number of aromatic amines is 1. The van der Waals surface area contributed by atoms with E-state index in [0.29, 0.717) is 29.4 Å². The first-order chi connectivity index (χ1) is 11.8. The van der Waals surface area contributed by atoms with E-state index in [2.05, 4.69) is 10.2 Å². The zero-order chi connectivity index (χ0) is 18.0. The highest BCUT2D eigenvalue weighted by Crippen LogP contribution is 2.34. The standard InChI is InChI=1S/C16H15ClF3N3O2/c17-10-1-3-11(4-2-10)25-8-6-14(24)23-7-5-13-12(9-23)15(22-21-13)16(18,19)20/h1-4H,5-9H2,(H,21,22). The molecule has 0 radical (unpaired) electrons. The normalized spacial score (nSPS) is 14.3. The summed E-state index contributed by atoms with van der Waals surface area (Å²) in [7, 11) is 0. The van der Waals surface area contributed by atoms with Crippen molar-refractivity contribution in [3.05, 3.63) is 46.2 Å².